The smallest absolute Gasteiger partial charge is 0.235 e. The second kappa shape index (κ2) is 5.31. The third kappa shape index (κ3) is 2.86. The Morgan fingerprint density at radius 2 is 1.61 bits per heavy atom. The molecule has 0 aliphatic rings. The maximum absolute atomic E-state index is 11.6. The van der Waals surface area contributed by atoms with Crippen molar-refractivity contribution in [1.29, 1.82) is 0 Å². The van der Waals surface area contributed by atoms with Crippen LogP contribution in [0.1, 0.15) is 41.7 Å². The average Bonchev–Trinajstić information content (AvgIpc) is 2.25. The average molecular weight is 268 g/mol. The molecule has 100 valence electrons. The van der Waals surface area contributed by atoms with Crippen molar-refractivity contribution in [2.75, 3.05) is 5.88 Å². The molecule has 0 fully saturated rings. The summed E-state index contributed by atoms with van der Waals surface area (Å²) < 4.78 is 0. The van der Waals surface area contributed by atoms with Crippen LogP contribution in [0.15, 0.2) is 6.07 Å². The minimum atomic E-state index is -0.406. The zero-order valence-corrected chi connectivity index (χ0v) is 12.8. The van der Waals surface area contributed by atoms with Gasteiger partial charge in [0.15, 0.2) is 0 Å². The first-order valence-corrected chi connectivity index (χ1v) is 6.69. The van der Waals surface area contributed by atoms with E-state index in [9.17, 15) is 4.79 Å². The number of amides is 1. The molecule has 0 radical (unpaired) electrons. The third-order valence-electron chi connectivity index (χ3n) is 3.56. The van der Waals surface area contributed by atoms with Gasteiger partial charge in [-0.15, -0.1) is 11.6 Å². The molecule has 2 nitrogen and oxygen atoms in total. The zero-order valence-electron chi connectivity index (χ0n) is 12.1. The molecule has 0 aliphatic carbocycles. The number of carbonyl (C=O) groups excluding carboxylic acids is 1. The predicted octanol–water partition coefficient (Wildman–Crippen LogP) is 3.51. The molecule has 0 spiro atoms. The number of halogens is 1. The summed E-state index contributed by atoms with van der Waals surface area (Å²) in [5.41, 5.74) is 5.76. The van der Waals surface area contributed by atoms with Gasteiger partial charge < -0.3 is 5.32 Å². The van der Waals surface area contributed by atoms with E-state index in [1.165, 1.54) is 27.8 Å². The molecule has 0 atom stereocenters. The molecule has 1 rings (SSSR count). The van der Waals surface area contributed by atoms with E-state index in [1.54, 1.807) is 0 Å². The minimum Gasteiger partial charge on any atom is -0.346 e. The van der Waals surface area contributed by atoms with Gasteiger partial charge in [0, 0.05) is 0 Å². The van der Waals surface area contributed by atoms with E-state index in [0.717, 1.165) is 0 Å². The van der Waals surface area contributed by atoms with Crippen LogP contribution in [0.3, 0.4) is 0 Å². The van der Waals surface area contributed by atoms with Gasteiger partial charge in [-0.25, -0.2) is 0 Å². The van der Waals surface area contributed by atoms with Crippen LogP contribution in [0.4, 0.5) is 0 Å². The van der Waals surface area contributed by atoms with Crippen molar-refractivity contribution < 1.29 is 4.79 Å². The van der Waals surface area contributed by atoms with Gasteiger partial charge in [0.1, 0.15) is 5.88 Å². The Bertz CT molecular complexity index is 452. The summed E-state index contributed by atoms with van der Waals surface area (Å²) in [5.74, 6) is -0.147. The van der Waals surface area contributed by atoms with Crippen LogP contribution in [0.2, 0.25) is 0 Å². The lowest BCUT2D eigenvalue weighted by Crippen LogP contribution is -2.42. The van der Waals surface area contributed by atoms with Gasteiger partial charge in [0.2, 0.25) is 5.91 Å². The Morgan fingerprint density at radius 1 is 1.17 bits per heavy atom. The van der Waals surface area contributed by atoms with Gasteiger partial charge in [0.05, 0.1) is 5.54 Å². The lowest BCUT2D eigenvalue weighted by atomic mass is 9.83. The van der Waals surface area contributed by atoms with Crippen molar-refractivity contribution in [3.8, 4) is 0 Å². The van der Waals surface area contributed by atoms with Crippen LogP contribution in [0, 0.1) is 27.7 Å². The minimum absolute atomic E-state index is 0.00762. The number of rotatable bonds is 3. The Kier molecular flexibility index (Phi) is 4.44. The van der Waals surface area contributed by atoms with Gasteiger partial charge in [-0.3, -0.25) is 4.79 Å². The summed E-state index contributed by atoms with van der Waals surface area (Å²) >= 11 is 5.58. The van der Waals surface area contributed by atoms with Crippen LogP contribution in [-0.2, 0) is 10.3 Å². The van der Waals surface area contributed by atoms with E-state index in [4.69, 9.17) is 11.6 Å². The molecule has 0 bridgehead atoms. The fourth-order valence-electron chi connectivity index (χ4n) is 2.60. The van der Waals surface area contributed by atoms with Crippen LogP contribution in [0.5, 0.6) is 0 Å². The standard InChI is InChI=1S/C15H22ClNO/c1-9-7-10(2)12(4)14(11(9)3)15(5,6)17-13(18)8-16/h7H,8H2,1-6H3,(H,17,18). The summed E-state index contributed by atoms with van der Waals surface area (Å²) in [6.07, 6.45) is 0. The molecule has 0 saturated heterocycles. The van der Waals surface area contributed by atoms with E-state index in [2.05, 4.69) is 39.1 Å². The molecule has 1 N–H and O–H groups in total. The fourth-order valence-corrected chi connectivity index (χ4v) is 2.67. The topological polar surface area (TPSA) is 29.1 Å². The third-order valence-corrected chi connectivity index (χ3v) is 3.81. The van der Waals surface area contributed by atoms with Crippen molar-refractivity contribution in [3.63, 3.8) is 0 Å². The van der Waals surface area contributed by atoms with E-state index in [0.29, 0.717) is 0 Å². The fraction of sp³-hybridized carbons (Fsp3) is 0.533. The van der Waals surface area contributed by atoms with E-state index < -0.39 is 5.54 Å². The molecule has 3 heteroatoms. The molecule has 0 aliphatic heterocycles. The summed E-state index contributed by atoms with van der Waals surface area (Å²) in [7, 11) is 0. The monoisotopic (exact) mass is 267 g/mol. The van der Waals surface area contributed by atoms with Crippen LogP contribution in [-0.4, -0.2) is 11.8 Å². The number of hydrogen-bond donors (Lipinski definition) is 1. The van der Waals surface area contributed by atoms with Gasteiger partial charge in [-0.2, -0.15) is 0 Å². The molecule has 0 aromatic heterocycles. The summed E-state index contributed by atoms with van der Waals surface area (Å²) in [5, 5.41) is 2.99. The second-order valence-corrected chi connectivity index (χ2v) is 5.71. The first-order valence-electron chi connectivity index (χ1n) is 6.15. The molecule has 1 aromatic rings. The highest BCUT2D eigenvalue weighted by Crippen LogP contribution is 2.31. The maximum atomic E-state index is 11.6. The van der Waals surface area contributed by atoms with Crippen molar-refractivity contribution in [1.82, 2.24) is 5.32 Å². The molecule has 1 amide bonds. The first kappa shape index (κ1) is 15.0. The normalized spacial score (nSPS) is 11.5. The van der Waals surface area contributed by atoms with Gasteiger partial charge in [-0.05, 0) is 69.4 Å². The number of alkyl halides is 1. The molecule has 0 heterocycles. The van der Waals surface area contributed by atoms with Crippen LogP contribution < -0.4 is 5.32 Å². The SMILES string of the molecule is Cc1cc(C)c(C)c(C(C)(C)NC(=O)CCl)c1C. The summed E-state index contributed by atoms with van der Waals surface area (Å²) in [6.45, 7) is 12.4. The molecular formula is C15H22ClNO. The number of nitrogens with one attached hydrogen (secondary N) is 1. The van der Waals surface area contributed by atoms with E-state index in [-0.39, 0.29) is 11.8 Å². The number of carbonyl (C=O) groups is 1. The Hall–Kier alpha value is -1.02. The van der Waals surface area contributed by atoms with Crippen molar-refractivity contribution in [2.24, 2.45) is 0 Å². The lowest BCUT2D eigenvalue weighted by molar-refractivity contribution is -0.120. The van der Waals surface area contributed by atoms with E-state index >= 15 is 0 Å². The first-order chi connectivity index (χ1) is 8.20. The van der Waals surface area contributed by atoms with Crippen molar-refractivity contribution in [3.05, 3.63) is 33.9 Å². The van der Waals surface area contributed by atoms with Crippen LogP contribution in [0.25, 0.3) is 0 Å². The number of benzene rings is 1. The predicted molar refractivity (Wildman–Crippen MR) is 77.3 cm³/mol. The Morgan fingerprint density at radius 3 is 2.00 bits per heavy atom. The lowest BCUT2D eigenvalue weighted by Gasteiger charge is -2.31. The highest BCUT2D eigenvalue weighted by molar-refractivity contribution is 6.27. The van der Waals surface area contributed by atoms with Gasteiger partial charge >= 0.3 is 0 Å². The highest BCUT2D eigenvalue weighted by Gasteiger charge is 2.27. The van der Waals surface area contributed by atoms with Crippen LogP contribution >= 0.6 is 11.6 Å². The molecule has 18 heavy (non-hydrogen) atoms. The molecule has 0 saturated carbocycles. The zero-order chi connectivity index (χ0) is 14.1. The Balaban J connectivity index is 3.35. The molecule has 1 aromatic carbocycles. The highest BCUT2D eigenvalue weighted by atomic mass is 35.5. The largest absolute Gasteiger partial charge is 0.346 e. The van der Waals surface area contributed by atoms with E-state index in [1.807, 2.05) is 13.8 Å². The quantitative estimate of drug-likeness (QED) is 0.835. The van der Waals surface area contributed by atoms with Crippen molar-refractivity contribution in [2.45, 2.75) is 47.1 Å². The van der Waals surface area contributed by atoms with Gasteiger partial charge in [0.25, 0.3) is 0 Å². The number of aryl methyl sites for hydroxylation is 2. The van der Waals surface area contributed by atoms with Crippen molar-refractivity contribution >= 4 is 17.5 Å². The molecule has 0 unspecified atom stereocenters. The second-order valence-electron chi connectivity index (χ2n) is 5.44. The maximum Gasteiger partial charge on any atom is 0.235 e. The Labute approximate surface area is 115 Å². The van der Waals surface area contributed by atoms with Gasteiger partial charge in [-0.1, -0.05) is 6.07 Å². The number of hydrogen-bond acceptors (Lipinski definition) is 1. The summed E-state index contributed by atoms with van der Waals surface area (Å²) in [4.78, 5) is 11.6. The molecular weight excluding hydrogens is 246 g/mol. The summed E-state index contributed by atoms with van der Waals surface area (Å²) in [6, 6.07) is 2.19.